The van der Waals surface area contributed by atoms with Crippen molar-refractivity contribution in [1.82, 2.24) is 15.1 Å². The largest absolute Gasteiger partial charge is 0.320 e. The van der Waals surface area contributed by atoms with E-state index in [1.54, 1.807) is 0 Å². The molecule has 0 aromatic carbocycles. The van der Waals surface area contributed by atoms with Gasteiger partial charge in [-0.05, 0) is 65.2 Å². The Labute approximate surface area is 112 Å². The zero-order valence-electron chi connectivity index (χ0n) is 11.9. The fourth-order valence-corrected chi connectivity index (χ4v) is 4.52. The second kappa shape index (κ2) is 5.89. The lowest BCUT2D eigenvalue weighted by Crippen LogP contribution is -2.51. The van der Waals surface area contributed by atoms with Crippen LogP contribution < -0.4 is 5.32 Å². The first-order chi connectivity index (χ1) is 8.90. The van der Waals surface area contributed by atoms with Gasteiger partial charge >= 0.3 is 0 Å². The highest BCUT2D eigenvalue weighted by Crippen LogP contribution is 2.34. The van der Waals surface area contributed by atoms with Crippen molar-refractivity contribution >= 4 is 0 Å². The van der Waals surface area contributed by atoms with Gasteiger partial charge in [0, 0.05) is 24.7 Å². The Morgan fingerprint density at radius 2 is 1.89 bits per heavy atom. The minimum atomic E-state index is 0.858. The van der Waals surface area contributed by atoms with E-state index in [-0.39, 0.29) is 0 Å². The molecule has 3 atom stereocenters. The second-order valence-electron chi connectivity index (χ2n) is 6.38. The number of fused-ring (bicyclic) bond motifs is 1. The first kappa shape index (κ1) is 12.9. The maximum atomic E-state index is 3.34. The monoisotopic (exact) mass is 251 g/mol. The molecule has 3 saturated heterocycles. The summed E-state index contributed by atoms with van der Waals surface area (Å²) in [5.41, 5.74) is 0. The molecule has 0 spiro atoms. The number of hydrogen-bond donors (Lipinski definition) is 1. The van der Waals surface area contributed by atoms with Crippen LogP contribution in [0.2, 0.25) is 0 Å². The SMILES string of the molecule is CNCCC1CCCCN1C1CCN2CCCC12. The van der Waals surface area contributed by atoms with Crippen molar-refractivity contribution in [3.8, 4) is 0 Å². The lowest BCUT2D eigenvalue weighted by atomic mass is 9.94. The van der Waals surface area contributed by atoms with E-state index in [2.05, 4.69) is 22.2 Å². The lowest BCUT2D eigenvalue weighted by molar-refractivity contribution is 0.0728. The molecule has 0 aromatic heterocycles. The molecule has 0 aromatic rings. The van der Waals surface area contributed by atoms with Crippen molar-refractivity contribution in [3.05, 3.63) is 0 Å². The summed E-state index contributed by atoms with van der Waals surface area (Å²) < 4.78 is 0. The van der Waals surface area contributed by atoms with Crippen molar-refractivity contribution in [2.45, 2.75) is 63.1 Å². The van der Waals surface area contributed by atoms with Crippen molar-refractivity contribution in [3.63, 3.8) is 0 Å². The molecule has 0 saturated carbocycles. The van der Waals surface area contributed by atoms with Crippen LogP contribution in [0, 0.1) is 0 Å². The second-order valence-corrected chi connectivity index (χ2v) is 6.38. The van der Waals surface area contributed by atoms with Gasteiger partial charge in [0.15, 0.2) is 0 Å². The third-order valence-electron chi connectivity index (χ3n) is 5.40. The van der Waals surface area contributed by atoms with Gasteiger partial charge < -0.3 is 5.32 Å². The molecule has 3 aliphatic heterocycles. The lowest BCUT2D eigenvalue weighted by Gasteiger charge is -2.42. The molecule has 104 valence electrons. The van der Waals surface area contributed by atoms with Crippen LogP contribution in [-0.4, -0.2) is 61.2 Å². The topological polar surface area (TPSA) is 18.5 Å². The average Bonchev–Trinajstić information content (AvgIpc) is 2.99. The van der Waals surface area contributed by atoms with E-state index in [0.29, 0.717) is 0 Å². The summed E-state index contributed by atoms with van der Waals surface area (Å²) in [6, 6.07) is 2.64. The van der Waals surface area contributed by atoms with E-state index in [4.69, 9.17) is 0 Å². The predicted molar refractivity (Wildman–Crippen MR) is 75.9 cm³/mol. The van der Waals surface area contributed by atoms with Gasteiger partial charge in [0.25, 0.3) is 0 Å². The molecule has 3 heteroatoms. The predicted octanol–water partition coefficient (Wildman–Crippen LogP) is 1.69. The maximum Gasteiger partial charge on any atom is 0.0266 e. The molecule has 1 N–H and O–H groups in total. The zero-order chi connectivity index (χ0) is 12.4. The van der Waals surface area contributed by atoms with Gasteiger partial charge in [-0.3, -0.25) is 9.80 Å². The Morgan fingerprint density at radius 3 is 2.78 bits per heavy atom. The Kier molecular flexibility index (Phi) is 4.22. The van der Waals surface area contributed by atoms with Crippen molar-refractivity contribution in [2.75, 3.05) is 33.2 Å². The number of piperidine rings is 1. The van der Waals surface area contributed by atoms with Gasteiger partial charge in [-0.1, -0.05) is 6.42 Å². The van der Waals surface area contributed by atoms with Gasteiger partial charge in [-0.15, -0.1) is 0 Å². The molecule has 0 radical (unpaired) electrons. The Morgan fingerprint density at radius 1 is 0.944 bits per heavy atom. The van der Waals surface area contributed by atoms with Crippen LogP contribution in [0.4, 0.5) is 0 Å². The quantitative estimate of drug-likeness (QED) is 0.820. The number of likely N-dealkylation sites (tertiary alicyclic amines) is 1. The number of rotatable bonds is 4. The van der Waals surface area contributed by atoms with Crippen LogP contribution >= 0.6 is 0 Å². The fourth-order valence-electron chi connectivity index (χ4n) is 4.52. The third kappa shape index (κ3) is 2.45. The number of nitrogens with zero attached hydrogens (tertiary/aromatic N) is 2. The Hall–Kier alpha value is -0.120. The summed E-state index contributed by atoms with van der Waals surface area (Å²) in [6.45, 7) is 5.28. The molecule has 3 rings (SSSR count). The molecule has 0 amide bonds. The van der Waals surface area contributed by atoms with E-state index in [0.717, 1.165) is 18.1 Å². The first-order valence-electron chi connectivity index (χ1n) is 8.04. The minimum absolute atomic E-state index is 0.858. The molecule has 3 fully saturated rings. The highest BCUT2D eigenvalue weighted by molar-refractivity contribution is 4.99. The average molecular weight is 251 g/mol. The normalized spacial score (nSPS) is 38.2. The summed E-state index contributed by atoms with van der Waals surface area (Å²) in [5, 5.41) is 3.34. The molecular formula is C15H29N3. The van der Waals surface area contributed by atoms with Crippen molar-refractivity contribution in [1.29, 1.82) is 0 Å². The van der Waals surface area contributed by atoms with Gasteiger partial charge in [0.05, 0.1) is 0 Å². The van der Waals surface area contributed by atoms with E-state index in [1.165, 1.54) is 71.1 Å². The van der Waals surface area contributed by atoms with E-state index in [9.17, 15) is 0 Å². The van der Waals surface area contributed by atoms with Crippen LogP contribution in [-0.2, 0) is 0 Å². The molecular weight excluding hydrogens is 222 g/mol. The minimum Gasteiger partial charge on any atom is -0.320 e. The molecule has 3 aliphatic rings. The third-order valence-corrected chi connectivity index (χ3v) is 5.40. The molecule has 18 heavy (non-hydrogen) atoms. The summed E-state index contributed by atoms with van der Waals surface area (Å²) in [4.78, 5) is 5.66. The van der Waals surface area contributed by atoms with Crippen LogP contribution in [0.1, 0.15) is 44.9 Å². The van der Waals surface area contributed by atoms with E-state index >= 15 is 0 Å². The molecule has 3 heterocycles. The number of hydrogen-bond acceptors (Lipinski definition) is 3. The van der Waals surface area contributed by atoms with Crippen LogP contribution in [0.3, 0.4) is 0 Å². The van der Waals surface area contributed by atoms with Crippen LogP contribution in [0.5, 0.6) is 0 Å². The highest BCUT2D eigenvalue weighted by atomic mass is 15.3. The van der Waals surface area contributed by atoms with Crippen LogP contribution in [0.25, 0.3) is 0 Å². The van der Waals surface area contributed by atoms with E-state index in [1.807, 2.05) is 0 Å². The van der Waals surface area contributed by atoms with Gasteiger partial charge in [0.2, 0.25) is 0 Å². The standard InChI is InChI=1S/C15H29N3/c1-16-9-7-13-5-2-3-11-18(13)15-8-12-17-10-4-6-14(15)17/h13-16H,2-12H2,1H3. The molecule has 3 unspecified atom stereocenters. The summed E-state index contributed by atoms with van der Waals surface area (Å²) in [6.07, 6.45) is 9.99. The Bertz CT molecular complexity index is 268. The Balaban J connectivity index is 1.64. The zero-order valence-corrected chi connectivity index (χ0v) is 11.9. The molecule has 0 aliphatic carbocycles. The highest BCUT2D eigenvalue weighted by Gasteiger charge is 2.42. The fraction of sp³-hybridized carbons (Fsp3) is 1.00. The van der Waals surface area contributed by atoms with Crippen molar-refractivity contribution in [2.24, 2.45) is 0 Å². The van der Waals surface area contributed by atoms with Crippen molar-refractivity contribution < 1.29 is 0 Å². The van der Waals surface area contributed by atoms with Gasteiger partial charge in [0.1, 0.15) is 0 Å². The van der Waals surface area contributed by atoms with Gasteiger partial charge in [-0.25, -0.2) is 0 Å². The van der Waals surface area contributed by atoms with E-state index < -0.39 is 0 Å². The summed E-state index contributed by atoms with van der Waals surface area (Å²) >= 11 is 0. The van der Waals surface area contributed by atoms with Crippen LogP contribution in [0.15, 0.2) is 0 Å². The van der Waals surface area contributed by atoms with Gasteiger partial charge in [-0.2, -0.15) is 0 Å². The first-order valence-corrected chi connectivity index (χ1v) is 8.04. The molecule has 3 nitrogen and oxygen atoms in total. The number of nitrogens with one attached hydrogen (secondary N) is 1. The smallest absolute Gasteiger partial charge is 0.0266 e. The summed E-state index contributed by atoms with van der Waals surface area (Å²) in [7, 11) is 2.08. The maximum absolute atomic E-state index is 3.34. The summed E-state index contributed by atoms with van der Waals surface area (Å²) in [5.74, 6) is 0. The molecule has 0 bridgehead atoms.